The van der Waals surface area contributed by atoms with Gasteiger partial charge in [0, 0.05) is 13.1 Å². The van der Waals surface area contributed by atoms with Crippen LogP contribution in [0.3, 0.4) is 0 Å². The van der Waals surface area contributed by atoms with Gasteiger partial charge in [-0.3, -0.25) is 4.79 Å². The maximum atomic E-state index is 11.8. The SMILES string of the molecule is CC(Br)C(=O)N1CC2CCCC(C2)C1. The summed E-state index contributed by atoms with van der Waals surface area (Å²) in [7, 11) is 0. The molecule has 2 fully saturated rings. The van der Waals surface area contributed by atoms with Crippen LogP contribution in [0.4, 0.5) is 0 Å². The maximum absolute atomic E-state index is 11.8. The average molecular weight is 260 g/mol. The molecule has 2 rings (SSSR count). The van der Waals surface area contributed by atoms with Crippen molar-refractivity contribution in [3.8, 4) is 0 Å². The molecule has 2 nitrogen and oxygen atoms in total. The minimum Gasteiger partial charge on any atom is -0.341 e. The molecule has 3 atom stereocenters. The van der Waals surface area contributed by atoms with E-state index in [1.54, 1.807) is 0 Å². The summed E-state index contributed by atoms with van der Waals surface area (Å²) in [4.78, 5) is 13.9. The molecule has 1 heterocycles. The Kier molecular flexibility index (Phi) is 3.15. The Morgan fingerprint density at radius 2 is 1.93 bits per heavy atom. The molecule has 2 aliphatic rings. The van der Waals surface area contributed by atoms with Crippen molar-refractivity contribution in [3.05, 3.63) is 0 Å². The number of fused-ring (bicyclic) bond motifs is 2. The van der Waals surface area contributed by atoms with Crippen LogP contribution in [0.1, 0.15) is 32.6 Å². The highest BCUT2D eigenvalue weighted by molar-refractivity contribution is 9.10. The van der Waals surface area contributed by atoms with E-state index in [2.05, 4.69) is 20.8 Å². The Bertz CT molecular complexity index is 217. The predicted molar refractivity (Wildman–Crippen MR) is 60.4 cm³/mol. The number of halogens is 1. The van der Waals surface area contributed by atoms with Crippen LogP contribution in [0.25, 0.3) is 0 Å². The molecule has 0 aromatic carbocycles. The molecule has 1 amide bonds. The van der Waals surface area contributed by atoms with Crippen LogP contribution < -0.4 is 0 Å². The molecular weight excluding hydrogens is 242 g/mol. The monoisotopic (exact) mass is 259 g/mol. The van der Waals surface area contributed by atoms with Crippen molar-refractivity contribution in [3.63, 3.8) is 0 Å². The molecule has 0 radical (unpaired) electrons. The van der Waals surface area contributed by atoms with E-state index in [0.717, 1.165) is 24.9 Å². The minimum atomic E-state index is -0.0127. The average Bonchev–Trinajstić information content (AvgIpc) is 2.15. The molecule has 3 unspecified atom stereocenters. The third kappa shape index (κ3) is 2.13. The molecule has 0 aromatic heterocycles. The fraction of sp³-hybridized carbons (Fsp3) is 0.909. The number of carbonyl (C=O) groups is 1. The van der Waals surface area contributed by atoms with E-state index in [1.165, 1.54) is 25.7 Å². The fourth-order valence-electron chi connectivity index (χ4n) is 2.86. The number of nitrogens with zero attached hydrogens (tertiary/aromatic N) is 1. The standard InChI is InChI=1S/C11H18BrNO/c1-8(12)11(14)13-6-9-3-2-4-10(5-9)7-13/h8-10H,2-7H2,1H3. The molecular formula is C11H18BrNO. The number of likely N-dealkylation sites (tertiary alicyclic amines) is 1. The second-order valence-electron chi connectivity index (χ2n) is 4.76. The zero-order chi connectivity index (χ0) is 10.1. The maximum Gasteiger partial charge on any atom is 0.236 e. The number of alkyl halides is 1. The zero-order valence-corrected chi connectivity index (χ0v) is 10.3. The Labute approximate surface area is 94.2 Å². The van der Waals surface area contributed by atoms with Crippen LogP contribution in [-0.2, 0) is 4.79 Å². The van der Waals surface area contributed by atoms with Crippen LogP contribution >= 0.6 is 15.9 Å². The Morgan fingerprint density at radius 3 is 2.43 bits per heavy atom. The molecule has 2 bridgehead atoms. The molecule has 1 aliphatic carbocycles. The topological polar surface area (TPSA) is 20.3 Å². The summed E-state index contributed by atoms with van der Waals surface area (Å²) >= 11 is 3.36. The molecule has 14 heavy (non-hydrogen) atoms. The van der Waals surface area contributed by atoms with Crippen molar-refractivity contribution >= 4 is 21.8 Å². The molecule has 1 saturated heterocycles. The van der Waals surface area contributed by atoms with Gasteiger partial charge in [0.05, 0.1) is 4.83 Å². The quantitative estimate of drug-likeness (QED) is 0.663. The molecule has 1 aliphatic heterocycles. The van der Waals surface area contributed by atoms with Gasteiger partial charge in [-0.1, -0.05) is 22.4 Å². The fourth-order valence-corrected chi connectivity index (χ4v) is 3.15. The minimum absolute atomic E-state index is 0.0127. The van der Waals surface area contributed by atoms with E-state index in [9.17, 15) is 4.79 Å². The summed E-state index contributed by atoms with van der Waals surface area (Å²) in [6.45, 7) is 3.93. The van der Waals surface area contributed by atoms with Crippen LogP contribution in [0.2, 0.25) is 0 Å². The van der Waals surface area contributed by atoms with Crippen molar-refractivity contribution in [1.29, 1.82) is 0 Å². The summed E-state index contributed by atoms with van der Waals surface area (Å²) in [6, 6.07) is 0. The van der Waals surface area contributed by atoms with E-state index >= 15 is 0 Å². The molecule has 0 spiro atoms. The van der Waals surface area contributed by atoms with Gasteiger partial charge in [0.2, 0.25) is 5.91 Å². The highest BCUT2D eigenvalue weighted by atomic mass is 79.9. The molecule has 3 heteroatoms. The van der Waals surface area contributed by atoms with Crippen molar-refractivity contribution in [2.75, 3.05) is 13.1 Å². The van der Waals surface area contributed by atoms with Crippen LogP contribution in [-0.4, -0.2) is 28.7 Å². The third-order valence-electron chi connectivity index (χ3n) is 3.50. The Balaban J connectivity index is 1.98. The van der Waals surface area contributed by atoms with E-state index in [-0.39, 0.29) is 10.7 Å². The number of piperidine rings is 1. The number of amides is 1. The van der Waals surface area contributed by atoms with Gasteiger partial charge in [-0.25, -0.2) is 0 Å². The second-order valence-corrected chi connectivity index (χ2v) is 6.13. The largest absolute Gasteiger partial charge is 0.341 e. The van der Waals surface area contributed by atoms with Crippen LogP contribution in [0.5, 0.6) is 0 Å². The van der Waals surface area contributed by atoms with Crippen LogP contribution in [0.15, 0.2) is 0 Å². The lowest BCUT2D eigenvalue weighted by Gasteiger charge is -2.41. The Hall–Kier alpha value is -0.0500. The Morgan fingerprint density at radius 1 is 1.36 bits per heavy atom. The first-order chi connectivity index (χ1) is 6.66. The van der Waals surface area contributed by atoms with Gasteiger partial charge in [0.25, 0.3) is 0 Å². The summed E-state index contributed by atoms with van der Waals surface area (Å²) in [5, 5.41) is 0. The van der Waals surface area contributed by atoms with E-state index in [4.69, 9.17) is 0 Å². The summed E-state index contributed by atoms with van der Waals surface area (Å²) in [5.74, 6) is 1.86. The van der Waals surface area contributed by atoms with Crippen molar-refractivity contribution < 1.29 is 4.79 Å². The van der Waals surface area contributed by atoms with Gasteiger partial charge < -0.3 is 4.90 Å². The van der Waals surface area contributed by atoms with Crippen LogP contribution in [0, 0.1) is 11.8 Å². The summed E-state index contributed by atoms with van der Waals surface area (Å²) in [5.41, 5.74) is 0. The lowest BCUT2D eigenvalue weighted by molar-refractivity contribution is -0.133. The first kappa shape index (κ1) is 10.5. The number of carbonyl (C=O) groups excluding carboxylic acids is 1. The van der Waals surface area contributed by atoms with E-state index in [1.807, 2.05) is 6.92 Å². The van der Waals surface area contributed by atoms with Gasteiger partial charge in [-0.05, 0) is 38.0 Å². The van der Waals surface area contributed by atoms with Crippen molar-refractivity contribution in [2.45, 2.75) is 37.4 Å². The summed E-state index contributed by atoms with van der Waals surface area (Å²) < 4.78 is 0. The van der Waals surface area contributed by atoms with Gasteiger partial charge in [-0.2, -0.15) is 0 Å². The van der Waals surface area contributed by atoms with Gasteiger partial charge in [0.1, 0.15) is 0 Å². The van der Waals surface area contributed by atoms with Gasteiger partial charge in [-0.15, -0.1) is 0 Å². The number of rotatable bonds is 1. The predicted octanol–water partition coefficient (Wildman–Crippen LogP) is 2.42. The van der Waals surface area contributed by atoms with E-state index < -0.39 is 0 Å². The smallest absolute Gasteiger partial charge is 0.236 e. The van der Waals surface area contributed by atoms with E-state index in [0.29, 0.717) is 0 Å². The highest BCUT2D eigenvalue weighted by Gasteiger charge is 2.33. The van der Waals surface area contributed by atoms with Gasteiger partial charge in [0.15, 0.2) is 0 Å². The first-order valence-electron chi connectivity index (χ1n) is 5.59. The van der Waals surface area contributed by atoms with Gasteiger partial charge >= 0.3 is 0 Å². The van der Waals surface area contributed by atoms with Crippen molar-refractivity contribution in [1.82, 2.24) is 4.90 Å². The second kappa shape index (κ2) is 4.21. The number of hydrogen-bond acceptors (Lipinski definition) is 1. The lowest BCUT2D eigenvalue weighted by Crippen LogP contribution is -2.47. The van der Waals surface area contributed by atoms with Crippen molar-refractivity contribution in [2.24, 2.45) is 11.8 Å². The molecule has 0 aromatic rings. The normalized spacial score (nSPS) is 34.0. The summed E-state index contributed by atoms with van der Waals surface area (Å²) in [6.07, 6.45) is 5.40. The number of hydrogen-bond donors (Lipinski definition) is 0. The molecule has 1 saturated carbocycles. The zero-order valence-electron chi connectivity index (χ0n) is 8.71. The third-order valence-corrected chi connectivity index (χ3v) is 3.89. The lowest BCUT2D eigenvalue weighted by atomic mass is 9.78. The molecule has 80 valence electrons. The highest BCUT2D eigenvalue weighted by Crippen LogP contribution is 2.34. The first-order valence-corrected chi connectivity index (χ1v) is 6.51. The molecule has 0 N–H and O–H groups in total.